The van der Waals surface area contributed by atoms with Crippen molar-refractivity contribution in [1.29, 1.82) is 0 Å². The highest BCUT2D eigenvalue weighted by atomic mass is 79.9. The van der Waals surface area contributed by atoms with Gasteiger partial charge in [0.15, 0.2) is 0 Å². The normalized spacial score (nSPS) is 19.7. The summed E-state index contributed by atoms with van der Waals surface area (Å²) in [5.74, 6) is 0. The minimum absolute atomic E-state index is 0.238. The average Bonchev–Trinajstić information content (AvgIpc) is 2.62. The molecule has 6 heteroatoms. The predicted molar refractivity (Wildman–Crippen MR) is 90.3 cm³/mol. The molecule has 1 unspecified atom stereocenters. The summed E-state index contributed by atoms with van der Waals surface area (Å²) in [7, 11) is 0. The molecule has 1 atom stereocenters. The third-order valence-corrected chi connectivity index (χ3v) is 4.11. The number of halogens is 2. The number of carbonyl (C=O) groups excluding carboxylic acids is 1. The van der Waals surface area contributed by atoms with Gasteiger partial charge in [-0.05, 0) is 44.9 Å². The SMILES string of the molecule is CC(C)(C)OC(=O)N1CCCOCC1c1ccc(Br)cc1Cl. The van der Waals surface area contributed by atoms with Crippen LogP contribution in [-0.4, -0.2) is 36.4 Å². The van der Waals surface area contributed by atoms with Crippen molar-refractivity contribution in [3.05, 3.63) is 33.3 Å². The Balaban J connectivity index is 2.29. The summed E-state index contributed by atoms with van der Waals surface area (Å²) in [5, 5.41) is 0.610. The van der Waals surface area contributed by atoms with Gasteiger partial charge in [-0.2, -0.15) is 0 Å². The van der Waals surface area contributed by atoms with E-state index in [1.54, 1.807) is 4.90 Å². The van der Waals surface area contributed by atoms with E-state index in [2.05, 4.69) is 15.9 Å². The molecule has 1 aliphatic rings. The summed E-state index contributed by atoms with van der Waals surface area (Å²) in [6, 6.07) is 5.43. The number of hydrogen-bond donors (Lipinski definition) is 0. The van der Waals surface area contributed by atoms with Crippen molar-refractivity contribution in [2.45, 2.75) is 38.8 Å². The lowest BCUT2D eigenvalue weighted by Crippen LogP contribution is -2.40. The molecule has 1 heterocycles. The molecule has 1 aromatic rings. The summed E-state index contributed by atoms with van der Waals surface area (Å²) in [4.78, 5) is 14.2. The Hall–Kier alpha value is -0.780. The zero-order valence-electron chi connectivity index (χ0n) is 13.1. The van der Waals surface area contributed by atoms with Crippen molar-refractivity contribution < 1.29 is 14.3 Å². The van der Waals surface area contributed by atoms with Crippen molar-refractivity contribution in [3.8, 4) is 0 Å². The number of hydrogen-bond acceptors (Lipinski definition) is 3. The fourth-order valence-electron chi connectivity index (χ4n) is 2.35. The third-order valence-electron chi connectivity index (χ3n) is 3.29. The van der Waals surface area contributed by atoms with Gasteiger partial charge in [0.1, 0.15) is 5.60 Å². The number of carbonyl (C=O) groups is 1. The van der Waals surface area contributed by atoms with Crippen LogP contribution in [-0.2, 0) is 9.47 Å². The molecular formula is C16H21BrClNO3. The smallest absolute Gasteiger partial charge is 0.410 e. The Kier molecular flexibility index (Phi) is 5.75. The van der Waals surface area contributed by atoms with Gasteiger partial charge >= 0.3 is 6.09 Å². The van der Waals surface area contributed by atoms with Crippen LogP contribution in [0.25, 0.3) is 0 Å². The summed E-state index contributed by atoms with van der Waals surface area (Å²) < 4.78 is 12.1. The van der Waals surface area contributed by atoms with Crippen LogP contribution in [0.15, 0.2) is 22.7 Å². The highest BCUT2D eigenvalue weighted by Crippen LogP contribution is 2.32. The molecule has 1 aliphatic heterocycles. The Morgan fingerprint density at radius 1 is 1.45 bits per heavy atom. The maximum absolute atomic E-state index is 12.5. The molecule has 0 aromatic heterocycles. The average molecular weight is 391 g/mol. The molecule has 22 heavy (non-hydrogen) atoms. The van der Waals surface area contributed by atoms with E-state index in [0.717, 1.165) is 16.5 Å². The molecule has 0 spiro atoms. The van der Waals surface area contributed by atoms with Crippen LogP contribution in [0.1, 0.15) is 38.8 Å². The monoisotopic (exact) mass is 389 g/mol. The van der Waals surface area contributed by atoms with Crippen LogP contribution < -0.4 is 0 Å². The molecule has 1 saturated heterocycles. The Bertz CT molecular complexity index is 545. The van der Waals surface area contributed by atoms with E-state index in [-0.39, 0.29) is 12.1 Å². The molecule has 0 radical (unpaired) electrons. The lowest BCUT2D eigenvalue weighted by Gasteiger charge is -2.32. The number of rotatable bonds is 1. The maximum atomic E-state index is 12.5. The quantitative estimate of drug-likeness (QED) is 0.691. The number of ether oxygens (including phenoxy) is 2. The highest BCUT2D eigenvalue weighted by Gasteiger charge is 2.32. The molecule has 1 aromatic carbocycles. The molecule has 4 nitrogen and oxygen atoms in total. The highest BCUT2D eigenvalue weighted by molar-refractivity contribution is 9.10. The predicted octanol–water partition coefficient (Wildman–Crippen LogP) is 4.80. The first-order valence-corrected chi connectivity index (χ1v) is 8.47. The van der Waals surface area contributed by atoms with Gasteiger partial charge in [0.2, 0.25) is 0 Å². The molecule has 0 N–H and O–H groups in total. The van der Waals surface area contributed by atoms with Crippen LogP contribution in [0.4, 0.5) is 4.79 Å². The van der Waals surface area contributed by atoms with E-state index >= 15 is 0 Å². The fourth-order valence-corrected chi connectivity index (χ4v) is 3.15. The standard InChI is InChI=1S/C16H21BrClNO3/c1-16(2,3)22-15(20)19-7-4-8-21-10-14(19)12-6-5-11(17)9-13(12)18/h5-6,9,14H,4,7-8,10H2,1-3H3. The van der Waals surface area contributed by atoms with E-state index < -0.39 is 5.60 Å². The number of amides is 1. The van der Waals surface area contributed by atoms with Gasteiger partial charge in [-0.3, -0.25) is 4.90 Å². The van der Waals surface area contributed by atoms with Crippen LogP contribution in [0.3, 0.4) is 0 Å². The van der Waals surface area contributed by atoms with E-state index in [9.17, 15) is 4.79 Å². The lowest BCUT2D eigenvalue weighted by molar-refractivity contribution is 0.0119. The molecule has 1 amide bonds. The van der Waals surface area contributed by atoms with Crippen LogP contribution in [0.2, 0.25) is 5.02 Å². The van der Waals surface area contributed by atoms with Gasteiger partial charge in [-0.25, -0.2) is 4.79 Å². The molecule has 0 bridgehead atoms. The molecule has 122 valence electrons. The van der Waals surface area contributed by atoms with Gasteiger partial charge < -0.3 is 9.47 Å². The first kappa shape index (κ1) is 17.6. The van der Waals surface area contributed by atoms with Crippen molar-refractivity contribution >= 4 is 33.6 Å². The minimum atomic E-state index is -0.529. The second-order valence-corrected chi connectivity index (χ2v) is 7.61. The number of nitrogens with zero attached hydrogens (tertiary/aromatic N) is 1. The van der Waals surface area contributed by atoms with Gasteiger partial charge in [0, 0.05) is 22.6 Å². The topological polar surface area (TPSA) is 38.8 Å². The number of benzene rings is 1. The maximum Gasteiger partial charge on any atom is 0.410 e. The van der Waals surface area contributed by atoms with E-state index in [0.29, 0.717) is 24.8 Å². The largest absolute Gasteiger partial charge is 0.444 e. The zero-order valence-corrected chi connectivity index (χ0v) is 15.4. The van der Waals surface area contributed by atoms with Gasteiger partial charge in [-0.15, -0.1) is 0 Å². The van der Waals surface area contributed by atoms with Crippen LogP contribution in [0.5, 0.6) is 0 Å². The second-order valence-electron chi connectivity index (χ2n) is 6.28. The molecule has 0 aliphatic carbocycles. The fraction of sp³-hybridized carbons (Fsp3) is 0.562. The minimum Gasteiger partial charge on any atom is -0.444 e. The summed E-state index contributed by atoms with van der Waals surface area (Å²) >= 11 is 9.75. The van der Waals surface area contributed by atoms with Crippen molar-refractivity contribution in [1.82, 2.24) is 4.90 Å². The summed E-state index contributed by atoms with van der Waals surface area (Å²) in [6.07, 6.45) is 0.450. The summed E-state index contributed by atoms with van der Waals surface area (Å²) in [5.41, 5.74) is 0.343. The summed E-state index contributed by atoms with van der Waals surface area (Å²) in [6.45, 7) is 7.22. The van der Waals surface area contributed by atoms with Crippen molar-refractivity contribution in [3.63, 3.8) is 0 Å². The molecule has 0 saturated carbocycles. The third kappa shape index (κ3) is 4.61. The van der Waals surface area contributed by atoms with Crippen molar-refractivity contribution in [2.75, 3.05) is 19.8 Å². The van der Waals surface area contributed by atoms with Gasteiger partial charge in [0.05, 0.1) is 12.6 Å². The van der Waals surface area contributed by atoms with Crippen molar-refractivity contribution in [2.24, 2.45) is 0 Å². The van der Waals surface area contributed by atoms with E-state index in [4.69, 9.17) is 21.1 Å². The van der Waals surface area contributed by atoms with Gasteiger partial charge in [0.25, 0.3) is 0 Å². The Morgan fingerprint density at radius 2 is 2.18 bits per heavy atom. The Morgan fingerprint density at radius 3 is 2.82 bits per heavy atom. The second kappa shape index (κ2) is 7.20. The van der Waals surface area contributed by atoms with Crippen LogP contribution >= 0.6 is 27.5 Å². The lowest BCUT2D eigenvalue weighted by atomic mass is 10.1. The molecular weight excluding hydrogens is 370 g/mol. The van der Waals surface area contributed by atoms with Crippen LogP contribution in [0, 0.1) is 0 Å². The Labute approximate surface area is 144 Å². The first-order chi connectivity index (χ1) is 10.3. The molecule has 1 fully saturated rings. The van der Waals surface area contributed by atoms with E-state index in [1.807, 2.05) is 39.0 Å². The molecule has 2 rings (SSSR count). The first-order valence-electron chi connectivity index (χ1n) is 7.30. The van der Waals surface area contributed by atoms with Gasteiger partial charge in [-0.1, -0.05) is 33.6 Å². The zero-order chi connectivity index (χ0) is 16.3. The van der Waals surface area contributed by atoms with E-state index in [1.165, 1.54) is 0 Å².